The van der Waals surface area contributed by atoms with Crippen LogP contribution in [0.4, 0.5) is 0 Å². The zero-order valence-corrected chi connectivity index (χ0v) is 27.3. The van der Waals surface area contributed by atoms with Gasteiger partial charge in [0.1, 0.15) is 51.7 Å². The number of hydrogen-bond donors (Lipinski definition) is 2. The summed E-state index contributed by atoms with van der Waals surface area (Å²) >= 11 is 0. The second-order valence-electron chi connectivity index (χ2n) is 13.2. The van der Waals surface area contributed by atoms with Crippen LogP contribution in [-0.4, -0.2) is 5.84 Å². The van der Waals surface area contributed by atoms with Crippen molar-refractivity contribution in [3.05, 3.63) is 168 Å². The topological polar surface area (TPSA) is 75.8 Å². The molecule has 6 nitrogen and oxygen atoms in total. The van der Waals surface area contributed by atoms with Gasteiger partial charge in [-0.15, -0.1) is 0 Å². The molecule has 3 aromatic heterocycles. The zero-order valence-electron chi connectivity index (χ0n) is 27.3. The maximum atomic E-state index is 6.75. The molecule has 0 aliphatic carbocycles. The van der Waals surface area contributed by atoms with E-state index in [4.69, 9.17) is 18.2 Å². The minimum atomic E-state index is -0.291. The highest BCUT2D eigenvalue weighted by Gasteiger charge is 2.29. The number of para-hydroxylation sites is 3. The van der Waals surface area contributed by atoms with Crippen molar-refractivity contribution in [2.75, 3.05) is 0 Å². The summed E-state index contributed by atoms with van der Waals surface area (Å²) in [6, 6.07) is 52.1. The molecule has 0 saturated heterocycles. The van der Waals surface area contributed by atoms with Crippen molar-refractivity contribution in [2.24, 2.45) is 4.99 Å². The van der Waals surface area contributed by atoms with Crippen LogP contribution in [0.2, 0.25) is 0 Å². The molecule has 2 atom stereocenters. The molecule has 2 unspecified atom stereocenters. The van der Waals surface area contributed by atoms with E-state index in [-0.39, 0.29) is 12.3 Å². The summed E-state index contributed by atoms with van der Waals surface area (Å²) in [5.74, 6) is 0.762. The van der Waals surface area contributed by atoms with Gasteiger partial charge in [-0.1, -0.05) is 103 Å². The Kier molecular flexibility index (Phi) is 6.05. The molecule has 1 aliphatic rings. The third-order valence-corrected chi connectivity index (χ3v) is 10.2. The molecule has 10 aromatic rings. The summed E-state index contributed by atoms with van der Waals surface area (Å²) in [7, 11) is 0. The lowest BCUT2D eigenvalue weighted by atomic mass is 10.0. The van der Waals surface area contributed by atoms with E-state index in [1.165, 1.54) is 0 Å². The Bertz CT molecular complexity index is 3000. The second kappa shape index (κ2) is 10.9. The lowest BCUT2D eigenvalue weighted by molar-refractivity contribution is 0.411. The SMILES string of the molecule is c1ccc(C2N=C(c3cccc4c3oc3cc(-c5ccc6c(c5)oc5ccccc56)ccc34)NC(c3cccc4oc5ccccc5c34)N2)cc1. The smallest absolute Gasteiger partial charge is 0.146 e. The molecule has 0 saturated carbocycles. The van der Waals surface area contributed by atoms with E-state index >= 15 is 0 Å². The maximum Gasteiger partial charge on any atom is 0.146 e. The summed E-state index contributed by atoms with van der Waals surface area (Å²) in [6.07, 6.45) is -0.549. The fourth-order valence-corrected chi connectivity index (χ4v) is 7.77. The second-order valence-corrected chi connectivity index (χ2v) is 13.2. The van der Waals surface area contributed by atoms with Gasteiger partial charge in [-0.3, -0.25) is 5.32 Å². The van der Waals surface area contributed by atoms with Gasteiger partial charge in [0.2, 0.25) is 0 Å². The molecule has 242 valence electrons. The van der Waals surface area contributed by atoms with E-state index in [0.717, 1.165) is 99.5 Å². The molecule has 2 N–H and O–H groups in total. The van der Waals surface area contributed by atoms with Crippen LogP contribution in [0.25, 0.3) is 76.9 Å². The number of nitrogens with one attached hydrogen (secondary N) is 2. The third kappa shape index (κ3) is 4.43. The Hall–Kier alpha value is -6.63. The number of furan rings is 3. The first-order valence-electron chi connectivity index (χ1n) is 17.2. The highest BCUT2D eigenvalue weighted by atomic mass is 16.3. The van der Waals surface area contributed by atoms with Gasteiger partial charge in [-0.2, -0.15) is 0 Å². The first-order chi connectivity index (χ1) is 25.2. The lowest BCUT2D eigenvalue weighted by Gasteiger charge is -2.32. The Morgan fingerprint density at radius 2 is 1.08 bits per heavy atom. The minimum Gasteiger partial charge on any atom is -0.456 e. The number of hydrogen-bond acceptors (Lipinski definition) is 6. The molecule has 0 radical (unpaired) electrons. The molecule has 51 heavy (non-hydrogen) atoms. The largest absolute Gasteiger partial charge is 0.456 e. The van der Waals surface area contributed by atoms with E-state index in [0.29, 0.717) is 0 Å². The van der Waals surface area contributed by atoms with Gasteiger partial charge in [-0.05, 0) is 65.2 Å². The molecule has 0 fully saturated rings. The monoisotopic (exact) mass is 659 g/mol. The average Bonchev–Trinajstić information content (AvgIpc) is 3.88. The van der Waals surface area contributed by atoms with Crippen molar-refractivity contribution in [2.45, 2.75) is 12.3 Å². The summed E-state index contributed by atoms with van der Waals surface area (Å²) < 4.78 is 19.2. The molecule has 7 aromatic carbocycles. The summed E-state index contributed by atoms with van der Waals surface area (Å²) in [6.45, 7) is 0. The Labute approximate surface area is 291 Å². The molecule has 0 bridgehead atoms. The van der Waals surface area contributed by atoms with Gasteiger partial charge in [0.05, 0.1) is 5.56 Å². The van der Waals surface area contributed by atoms with Crippen LogP contribution in [0.15, 0.2) is 170 Å². The molecule has 6 heteroatoms. The Balaban J connectivity index is 1.04. The van der Waals surface area contributed by atoms with Gasteiger partial charge in [0.25, 0.3) is 0 Å². The Morgan fingerprint density at radius 3 is 1.90 bits per heavy atom. The molecular weight excluding hydrogens is 631 g/mol. The molecule has 4 heterocycles. The van der Waals surface area contributed by atoms with Crippen LogP contribution in [0.1, 0.15) is 29.0 Å². The van der Waals surface area contributed by atoms with Gasteiger partial charge in [0, 0.05) is 37.9 Å². The van der Waals surface area contributed by atoms with E-state index in [9.17, 15) is 0 Å². The van der Waals surface area contributed by atoms with Gasteiger partial charge in [0.15, 0.2) is 0 Å². The van der Waals surface area contributed by atoms with Crippen molar-refractivity contribution < 1.29 is 13.3 Å². The molecule has 1 aliphatic heterocycles. The number of nitrogens with zero attached hydrogens (tertiary/aromatic N) is 1. The molecular formula is C45H29N3O3. The lowest BCUT2D eigenvalue weighted by Crippen LogP contribution is -2.45. The number of aliphatic imine (C=N–C) groups is 1. The molecule has 0 amide bonds. The fraction of sp³-hybridized carbons (Fsp3) is 0.0444. The van der Waals surface area contributed by atoms with Crippen molar-refractivity contribution in [3.8, 4) is 11.1 Å². The van der Waals surface area contributed by atoms with Crippen molar-refractivity contribution in [3.63, 3.8) is 0 Å². The number of fused-ring (bicyclic) bond motifs is 9. The van der Waals surface area contributed by atoms with E-state index in [1.54, 1.807) is 0 Å². The third-order valence-electron chi connectivity index (χ3n) is 10.2. The van der Waals surface area contributed by atoms with Crippen LogP contribution in [0.3, 0.4) is 0 Å². The van der Waals surface area contributed by atoms with Gasteiger partial charge >= 0.3 is 0 Å². The minimum absolute atomic E-state index is 0.258. The predicted octanol–water partition coefficient (Wildman–Crippen LogP) is 11.4. The van der Waals surface area contributed by atoms with Crippen molar-refractivity contribution >= 4 is 71.7 Å². The van der Waals surface area contributed by atoms with E-state index in [2.05, 4.69) is 120 Å². The van der Waals surface area contributed by atoms with Crippen LogP contribution < -0.4 is 10.6 Å². The van der Waals surface area contributed by atoms with Crippen LogP contribution >= 0.6 is 0 Å². The van der Waals surface area contributed by atoms with Crippen molar-refractivity contribution in [1.29, 1.82) is 0 Å². The summed E-state index contributed by atoms with van der Waals surface area (Å²) in [5.41, 5.74) is 10.3. The molecule has 0 spiro atoms. The van der Waals surface area contributed by atoms with Crippen LogP contribution in [0.5, 0.6) is 0 Å². The Morgan fingerprint density at radius 1 is 0.471 bits per heavy atom. The predicted molar refractivity (Wildman–Crippen MR) is 205 cm³/mol. The van der Waals surface area contributed by atoms with Gasteiger partial charge in [-0.25, -0.2) is 4.99 Å². The standard InChI is InChI=1S/C45H29N3O3/c1-2-10-26(11-3-1)43-46-44(34-15-9-19-38-41(34)33-13-5-7-18-37(33)49-38)48-45(47-43)35-16-8-14-32-31-23-21-28(25-40(31)51-42(32)35)27-20-22-30-29-12-4-6-17-36(29)50-39(30)24-27/h1-25,43-44,46H,(H,47,48). The van der Waals surface area contributed by atoms with Crippen molar-refractivity contribution in [1.82, 2.24) is 10.6 Å². The fourth-order valence-electron chi connectivity index (χ4n) is 7.77. The summed E-state index contributed by atoms with van der Waals surface area (Å²) in [5, 5.41) is 14.0. The number of amidine groups is 1. The molecule has 11 rings (SSSR count). The average molecular weight is 660 g/mol. The van der Waals surface area contributed by atoms with Gasteiger partial charge < -0.3 is 18.6 Å². The maximum absolute atomic E-state index is 6.75. The highest BCUT2D eigenvalue weighted by molar-refractivity contribution is 6.16. The first-order valence-corrected chi connectivity index (χ1v) is 17.2. The quantitative estimate of drug-likeness (QED) is 0.197. The normalized spacial score (nSPS) is 16.4. The van der Waals surface area contributed by atoms with Crippen LogP contribution in [-0.2, 0) is 0 Å². The summed E-state index contributed by atoms with van der Waals surface area (Å²) in [4.78, 5) is 5.26. The van der Waals surface area contributed by atoms with E-state index < -0.39 is 0 Å². The zero-order chi connectivity index (χ0) is 33.5. The number of rotatable bonds is 4. The number of benzene rings is 7. The van der Waals surface area contributed by atoms with Crippen LogP contribution in [0, 0.1) is 0 Å². The van der Waals surface area contributed by atoms with E-state index in [1.807, 2.05) is 42.5 Å². The highest BCUT2D eigenvalue weighted by Crippen LogP contribution is 2.39. The first kappa shape index (κ1) is 28.2.